The number of nitrogen functional groups attached to an aromatic ring is 1. The third-order valence-corrected chi connectivity index (χ3v) is 5.76. The number of likely N-dealkylation sites (N-methyl/N-ethyl adjacent to an activating group) is 1. The molecule has 0 radical (unpaired) electrons. The van der Waals surface area contributed by atoms with Crippen molar-refractivity contribution in [1.29, 1.82) is 0 Å². The predicted molar refractivity (Wildman–Crippen MR) is 106 cm³/mol. The van der Waals surface area contributed by atoms with Crippen molar-refractivity contribution < 1.29 is 0 Å². The molecule has 26 heavy (non-hydrogen) atoms. The number of nitrogens with zero attached hydrogens (tertiary/aromatic N) is 6. The zero-order valence-electron chi connectivity index (χ0n) is 16.6. The minimum atomic E-state index is 0.430. The highest BCUT2D eigenvalue weighted by atomic mass is 15.3. The lowest BCUT2D eigenvalue weighted by Crippen LogP contribution is -2.49. The Morgan fingerprint density at radius 3 is 2.23 bits per heavy atom. The number of aromatic nitrogens is 4. The maximum Gasteiger partial charge on any atom is 0.163 e. The molecule has 2 N–H and O–H groups in total. The molecule has 4 rings (SSSR count). The fraction of sp³-hybridized carbons (Fsp3) is 0.737. The second-order valence-electron chi connectivity index (χ2n) is 7.29. The Hall–Kier alpha value is -1.73. The van der Waals surface area contributed by atoms with Gasteiger partial charge in [0.15, 0.2) is 5.65 Å². The van der Waals surface area contributed by atoms with Crippen molar-refractivity contribution in [3.8, 4) is 0 Å². The average molecular weight is 360 g/mol. The van der Waals surface area contributed by atoms with E-state index in [9.17, 15) is 0 Å². The lowest BCUT2D eigenvalue weighted by molar-refractivity contribution is 0.0815. The van der Waals surface area contributed by atoms with Gasteiger partial charge in [0, 0.05) is 32.2 Å². The third kappa shape index (κ3) is 3.69. The van der Waals surface area contributed by atoms with Crippen LogP contribution in [-0.4, -0.2) is 68.8 Å². The van der Waals surface area contributed by atoms with Crippen molar-refractivity contribution in [1.82, 2.24) is 29.5 Å². The SMILES string of the molecule is CC.Cc1nn(C2CCC(N3CCN(C)CC3)CC2)c2ncnc(N)c12. The summed E-state index contributed by atoms with van der Waals surface area (Å²) in [7, 11) is 2.22. The Bertz CT molecular complexity index is 710. The summed E-state index contributed by atoms with van der Waals surface area (Å²) in [6.07, 6.45) is 6.37. The molecule has 0 unspecified atom stereocenters. The van der Waals surface area contributed by atoms with E-state index in [4.69, 9.17) is 10.8 Å². The van der Waals surface area contributed by atoms with Gasteiger partial charge in [-0.25, -0.2) is 14.6 Å². The maximum atomic E-state index is 6.02. The Labute approximate surface area is 156 Å². The van der Waals surface area contributed by atoms with Crippen LogP contribution in [0.2, 0.25) is 0 Å². The number of piperazine rings is 1. The first-order valence-electron chi connectivity index (χ1n) is 10.0. The highest BCUT2D eigenvalue weighted by molar-refractivity contribution is 5.87. The quantitative estimate of drug-likeness (QED) is 0.888. The van der Waals surface area contributed by atoms with Crippen molar-refractivity contribution in [2.45, 2.75) is 58.5 Å². The van der Waals surface area contributed by atoms with E-state index >= 15 is 0 Å². The fourth-order valence-electron chi connectivity index (χ4n) is 4.28. The third-order valence-electron chi connectivity index (χ3n) is 5.76. The van der Waals surface area contributed by atoms with Crippen LogP contribution in [0.5, 0.6) is 0 Å². The molecule has 2 aromatic rings. The smallest absolute Gasteiger partial charge is 0.163 e. The van der Waals surface area contributed by atoms with Gasteiger partial charge in [-0.1, -0.05) is 13.8 Å². The Balaban J connectivity index is 0.000000948. The molecule has 7 nitrogen and oxygen atoms in total. The molecule has 0 atom stereocenters. The second kappa shape index (κ2) is 8.31. The van der Waals surface area contributed by atoms with Crippen LogP contribution in [0.1, 0.15) is 51.3 Å². The molecule has 0 amide bonds. The highest BCUT2D eigenvalue weighted by Crippen LogP contribution is 2.34. The van der Waals surface area contributed by atoms with Gasteiger partial charge < -0.3 is 10.6 Å². The van der Waals surface area contributed by atoms with Gasteiger partial charge in [-0.2, -0.15) is 5.10 Å². The molecular formula is C19H33N7. The van der Waals surface area contributed by atoms with E-state index in [0.717, 1.165) is 35.6 Å². The Kier molecular flexibility index (Phi) is 6.09. The average Bonchev–Trinajstić information content (AvgIpc) is 3.02. The van der Waals surface area contributed by atoms with Crippen molar-refractivity contribution in [2.24, 2.45) is 0 Å². The van der Waals surface area contributed by atoms with Crippen LogP contribution in [-0.2, 0) is 0 Å². The normalized spacial score (nSPS) is 25.1. The molecule has 0 spiro atoms. The molecule has 1 aliphatic carbocycles. The number of anilines is 1. The lowest BCUT2D eigenvalue weighted by Gasteiger charge is -2.41. The maximum absolute atomic E-state index is 6.02. The molecule has 2 fully saturated rings. The van der Waals surface area contributed by atoms with Gasteiger partial charge in [0.25, 0.3) is 0 Å². The molecule has 2 aliphatic rings. The summed E-state index contributed by atoms with van der Waals surface area (Å²) in [6.45, 7) is 10.8. The summed E-state index contributed by atoms with van der Waals surface area (Å²) in [5.41, 5.74) is 7.84. The molecule has 0 bridgehead atoms. The first-order valence-corrected chi connectivity index (χ1v) is 10.0. The van der Waals surface area contributed by atoms with Crippen LogP contribution < -0.4 is 5.73 Å². The number of fused-ring (bicyclic) bond motifs is 1. The number of nitrogens with two attached hydrogens (primary N) is 1. The Morgan fingerprint density at radius 2 is 1.58 bits per heavy atom. The largest absolute Gasteiger partial charge is 0.383 e. The fourth-order valence-corrected chi connectivity index (χ4v) is 4.28. The molecule has 1 saturated heterocycles. The number of aryl methyl sites for hydroxylation is 1. The summed E-state index contributed by atoms with van der Waals surface area (Å²) in [5, 5.41) is 5.65. The molecule has 0 aromatic carbocycles. The second-order valence-corrected chi connectivity index (χ2v) is 7.29. The number of hydrogen-bond acceptors (Lipinski definition) is 6. The van der Waals surface area contributed by atoms with E-state index in [1.54, 1.807) is 6.33 Å². The van der Waals surface area contributed by atoms with Crippen molar-refractivity contribution >= 4 is 16.9 Å². The summed E-state index contributed by atoms with van der Waals surface area (Å²) in [4.78, 5) is 13.7. The van der Waals surface area contributed by atoms with Crippen LogP contribution in [0.4, 0.5) is 5.82 Å². The standard InChI is InChI=1S/C17H27N7.C2H6/c1-12-15-16(18)19-11-20-17(15)24(21-12)14-5-3-13(4-6-14)23-9-7-22(2)8-10-23;1-2/h11,13-14H,3-10H2,1-2H3,(H2,18,19,20);1-2H3. The van der Waals surface area contributed by atoms with Crippen LogP contribution in [0.25, 0.3) is 11.0 Å². The van der Waals surface area contributed by atoms with Gasteiger partial charge in [-0.3, -0.25) is 4.90 Å². The first-order chi connectivity index (χ1) is 12.6. The summed E-state index contributed by atoms with van der Waals surface area (Å²) >= 11 is 0. The highest BCUT2D eigenvalue weighted by Gasteiger charge is 2.30. The molecule has 7 heteroatoms. The first kappa shape index (κ1) is 19.0. The summed E-state index contributed by atoms with van der Waals surface area (Å²) in [5.74, 6) is 0.537. The van der Waals surface area contributed by atoms with E-state index < -0.39 is 0 Å². The van der Waals surface area contributed by atoms with Gasteiger partial charge in [0.05, 0.1) is 17.1 Å². The van der Waals surface area contributed by atoms with E-state index in [1.807, 2.05) is 20.8 Å². The molecule has 3 heterocycles. The lowest BCUT2D eigenvalue weighted by atomic mass is 9.90. The molecule has 1 saturated carbocycles. The molecule has 2 aromatic heterocycles. The van der Waals surface area contributed by atoms with Crippen molar-refractivity contribution in [2.75, 3.05) is 39.0 Å². The monoisotopic (exact) mass is 359 g/mol. The molecule has 1 aliphatic heterocycles. The summed E-state index contributed by atoms with van der Waals surface area (Å²) < 4.78 is 2.10. The van der Waals surface area contributed by atoms with Gasteiger partial charge in [-0.05, 0) is 39.7 Å². The molecular weight excluding hydrogens is 326 g/mol. The number of hydrogen-bond donors (Lipinski definition) is 1. The van der Waals surface area contributed by atoms with Crippen molar-refractivity contribution in [3.63, 3.8) is 0 Å². The minimum Gasteiger partial charge on any atom is -0.383 e. The van der Waals surface area contributed by atoms with Crippen molar-refractivity contribution in [3.05, 3.63) is 12.0 Å². The van der Waals surface area contributed by atoms with E-state index in [0.29, 0.717) is 11.9 Å². The van der Waals surface area contributed by atoms with E-state index in [2.05, 4.69) is 31.5 Å². The van der Waals surface area contributed by atoms with Gasteiger partial charge in [0.2, 0.25) is 0 Å². The van der Waals surface area contributed by atoms with Gasteiger partial charge in [0.1, 0.15) is 12.1 Å². The summed E-state index contributed by atoms with van der Waals surface area (Å²) in [6, 6.07) is 1.16. The molecule has 144 valence electrons. The van der Waals surface area contributed by atoms with Crippen LogP contribution >= 0.6 is 0 Å². The topological polar surface area (TPSA) is 76.1 Å². The zero-order valence-corrected chi connectivity index (χ0v) is 16.6. The van der Waals surface area contributed by atoms with Crippen LogP contribution in [0.3, 0.4) is 0 Å². The van der Waals surface area contributed by atoms with E-state index in [1.165, 1.54) is 39.0 Å². The predicted octanol–water partition coefficient (Wildman–Crippen LogP) is 2.47. The number of rotatable bonds is 2. The van der Waals surface area contributed by atoms with Gasteiger partial charge in [-0.15, -0.1) is 0 Å². The Morgan fingerprint density at radius 1 is 0.962 bits per heavy atom. The minimum absolute atomic E-state index is 0.430. The van der Waals surface area contributed by atoms with Crippen LogP contribution in [0, 0.1) is 6.92 Å². The van der Waals surface area contributed by atoms with Crippen LogP contribution in [0.15, 0.2) is 6.33 Å². The van der Waals surface area contributed by atoms with Gasteiger partial charge >= 0.3 is 0 Å². The van der Waals surface area contributed by atoms with E-state index in [-0.39, 0.29) is 0 Å². The zero-order chi connectivity index (χ0) is 18.7.